The van der Waals surface area contributed by atoms with Crippen molar-refractivity contribution in [2.75, 3.05) is 7.11 Å². The first-order chi connectivity index (χ1) is 3.31. The molecule has 1 radical (unpaired) electrons. The summed E-state index contributed by atoms with van der Waals surface area (Å²) in [5.74, 6) is 0. The van der Waals surface area contributed by atoms with Crippen LogP contribution < -0.4 is 5.32 Å². The van der Waals surface area contributed by atoms with Crippen LogP contribution in [0.15, 0.2) is 0 Å². The molecule has 0 aromatic heterocycles. The van der Waals surface area contributed by atoms with Crippen LogP contribution in [0.4, 0.5) is 4.79 Å². The molecule has 5 heteroatoms. The Morgan fingerprint density at radius 1 is 1.88 bits per heavy atom. The van der Waals surface area contributed by atoms with Crippen molar-refractivity contribution in [3.8, 4) is 6.19 Å². The maximum absolute atomic E-state index is 9.86. The monoisotopic (exact) mass is 123 g/mol. The van der Waals surface area contributed by atoms with E-state index < -0.39 is 6.09 Å². The molecular weight excluding hydrogens is 119 g/mol. The van der Waals surface area contributed by atoms with Gasteiger partial charge >= 0.3 is 6.09 Å². The SMILES string of the molecule is COC(=O)NC#N.[Na]. The van der Waals surface area contributed by atoms with E-state index in [0.717, 1.165) is 0 Å². The molecule has 0 saturated carbocycles. The first-order valence-corrected chi connectivity index (χ1v) is 1.54. The van der Waals surface area contributed by atoms with E-state index in [2.05, 4.69) is 4.74 Å². The van der Waals surface area contributed by atoms with Crippen LogP contribution in [-0.2, 0) is 4.74 Å². The van der Waals surface area contributed by atoms with E-state index in [1.165, 1.54) is 13.3 Å². The minimum Gasteiger partial charge on any atom is -0.452 e. The normalized spacial score (nSPS) is 5.50. The number of carbonyl (C=O) groups excluding carboxylic acids is 1. The van der Waals surface area contributed by atoms with Crippen molar-refractivity contribution in [1.29, 1.82) is 5.26 Å². The molecule has 39 valence electrons. The van der Waals surface area contributed by atoms with Gasteiger partial charge in [0.2, 0.25) is 0 Å². The molecule has 1 N–H and O–H groups in total. The Morgan fingerprint density at radius 3 is 2.50 bits per heavy atom. The van der Waals surface area contributed by atoms with Crippen LogP contribution in [0.5, 0.6) is 0 Å². The number of methoxy groups -OCH3 is 1. The van der Waals surface area contributed by atoms with E-state index in [1.54, 1.807) is 5.32 Å². The zero-order valence-electron chi connectivity index (χ0n) is 4.76. The first kappa shape index (κ1) is 10.7. The second-order valence-electron chi connectivity index (χ2n) is 0.728. The number of alkyl carbamates (subject to hydrolysis) is 1. The smallest absolute Gasteiger partial charge is 0.420 e. The third-order valence-electron chi connectivity index (χ3n) is 0.343. The third kappa shape index (κ3) is 5.76. The minimum atomic E-state index is -0.734. The van der Waals surface area contributed by atoms with Crippen LogP contribution in [-0.4, -0.2) is 42.8 Å². The summed E-state index contributed by atoms with van der Waals surface area (Å²) in [6.45, 7) is 0. The van der Waals surface area contributed by atoms with Crippen LogP contribution in [0.25, 0.3) is 0 Å². The van der Waals surface area contributed by atoms with Crippen molar-refractivity contribution in [2.24, 2.45) is 0 Å². The summed E-state index contributed by atoms with van der Waals surface area (Å²) in [4.78, 5) is 9.86. The Bertz CT molecular complexity index is 108. The van der Waals surface area contributed by atoms with E-state index in [0.29, 0.717) is 0 Å². The van der Waals surface area contributed by atoms with Gasteiger partial charge in [-0.2, -0.15) is 5.26 Å². The molecule has 0 atom stereocenters. The van der Waals surface area contributed by atoms with E-state index in [-0.39, 0.29) is 29.6 Å². The molecule has 0 bridgehead atoms. The molecule has 1 amide bonds. The van der Waals surface area contributed by atoms with E-state index >= 15 is 0 Å². The Balaban J connectivity index is 0. The molecule has 0 unspecified atom stereocenters. The molecule has 8 heavy (non-hydrogen) atoms. The quantitative estimate of drug-likeness (QED) is 0.267. The molecule has 4 nitrogen and oxygen atoms in total. The maximum atomic E-state index is 9.86. The van der Waals surface area contributed by atoms with Crippen LogP contribution in [0.3, 0.4) is 0 Å². The topological polar surface area (TPSA) is 62.1 Å². The van der Waals surface area contributed by atoms with Crippen LogP contribution >= 0.6 is 0 Å². The summed E-state index contributed by atoms with van der Waals surface area (Å²) < 4.78 is 4.02. The number of carbonyl (C=O) groups is 1. The van der Waals surface area contributed by atoms with Gasteiger partial charge in [0.15, 0.2) is 6.19 Å². The second kappa shape index (κ2) is 6.76. The molecule has 0 aliphatic heterocycles. The van der Waals surface area contributed by atoms with Gasteiger partial charge in [-0.3, -0.25) is 0 Å². The van der Waals surface area contributed by atoms with Gasteiger partial charge in [0.05, 0.1) is 7.11 Å². The number of amides is 1. The molecular formula is C3H4N2NaO2. The maximum Gasteiger partial charge on any atom is 0.420 e. The van der Waals surface area contributed by atoms with Crippen molar-refractivity contribution in [1.82, 2.24) is 5.32 Å². The van der Waals surface area contributed by atoms with Gasteiger partial charge in [-0.15, -0.1) is 0 Å². The van der Waals surface area contributed by atoms with Gasteiger partial charge in [0.1, 0.15) is 0 Å². The Morgan fingerprint density at radius 2 is 2.38 bits per heavy atom. The summed E-state index contributed by atoms with van der Waals surface area (Å²) in [5, 5.41) is 9.45. The second-order valence-corrected chi connectivity index (χ2v) is 0.728. The predicted octanol–water partition coefficient (Wildman–Crippen LogP) is -0.557. The van der Waals surface area contributed by atoms with Crippen LogP contribution in [0.1, 0.15) is 0 Å². The summed E-state index contributed by atoms with van der Waals surface area (Å²) in [5.41, 5.74) is 0. The fourth-order valence-electron chi connectivity index (χ4n) is 0.0967. The molecule has 0 rings (SSSR count). The van der Waals surface area contributed by atoms with Crippen molar-refractivity contribution in [2.45, 2.75) is 0 Å². The fraction of sp³-hybridized carbons (Fsp3) is 0.333. The first-order valence-electron chi connectivity index (χ1n) is 1.54. The number of nitriles is 1. The molecule has 0 spiro atoms. The number of hydrogen-bond donors (Lipinski definition) is 1. The molecule has 0 heterocycles. The molecule has 0 aromatic carbocycles. The predicted molar refractivity (Wildman–Crippen MR) is 26.9 cm³/mol. The van der Waals surface area contributed by atoms with E-state index in [1.807, 2.05) is 0 Å². The van der Waals surface area contributed by atoms with Gasteiger partial charge in [-0.1, -0.05) is 0 Å². The van der Waals surface area contributed by atoms with Gasteiger partial charge in [0.25, 0.3) is 0 Å². The number of ether oxygens (including phenoxy) is 1. The standard InChI is InChI=1S/C3H4N2O2.Na/c1-7-3(6)5-2-4;/h1H3,(H,5,6);. The zero-order chi connectivity index (χ0) is 5.70. The summed E-state index contributed by atoms with van der Waals surface area (Å²) in [6.07, 6.45) is 0.660. The van der Waals surface area contributed by atoms with Crippen LogP contribution in [0, 0.1) is 11.5 Å². The fourth-order valence-corrected chi connectivity index (χ4v) is 0.0967. The Labute approximate surface area is 69.1 Å². The Hall–Kier alpha value is -0.240. The molecule has 0 aromatic rings. The summed E-state index contributed by atoms with van der Waals surface area (Å²) >= 11 is 0. The minimum absolute atomic E-state index is 0. The molecule has 0 aliphatic carbocycles. The average Bonchev–Trinajstić information content (AvgIpc) is 1.68. The van der Waals surface area contributed by atoms with Gasteiger partial charge in [0, 0.05) is 29.6 Å². The summed E-state index contributed by atoms with van der Waals surface area (Å²) in [7, 11) is 1.19. The summed E-state index contributed by atoms with van der Waals surface area (Å²) in [6, 6.07) is 0. The molecule has 0 saturated heterocycles. The van der Waals surface area contributed by atoms with Crippen LogP contribution in [0.2, 0.25) is 0 Å². The third-order valence-corrected chi connectivity index (χ3v) is 0.343. The van der Waals surface area contributed by atoms with Crippen molar-refractivity contribution in [3.05, 3.63) is 0 Å². The average molecular weight is 123 g/mol. The van der Waals surface area contributed by atoms with Crippen molar-refractivity contribution < 1.29 is 9.53 Å². The largest absolute Gasteiger partial charge is 0.452 e. The van der Waals surface area contributed by atoms with Crippen molar-refractivity contribution >= 4 is 35.7 Å². The zero-order valence-corrected chi connectivity index (χ0v) is 6.76. The number of nitrogens with one attached hydrogen (secondary N) is 1. The van der Waals surface area contributed by atoms with Gasteiger partial charge in [-0.25, -0.2) is 10.1 Å². The number of hydrogen-bond acceptors (Lipinski definition) is 3. The van der Waals surface area contributed by atoms with Gasteiger partial charge < -0.3 is 4.74 Å². The number of nitrogens with zero attached hydrogens (tertiary/aromatic N) is 1. The number of rotatable bonds is 0. The van der Waals surface area contributed by atoms with Crippen molar-refractivity contribution in [3.63, 3.8) is 0 Å². The van der Waals surface area contributed by atoms with E-state index in [9.17, 15) is 4.79 Å². The molecule has 0 fully saturated rings. The van der Waals surface area contributed by atoms with E-state index in [4.69, 9.17) is 5.26 Å². The van der Waals surface area contributed by atoms with Gasteiger partial charge in [-0.05, 0) is 0 Å². The molecule has 0 aliphatic rings. The Kier molecular flexibility index (Phi) is 9.03.